The molecule has 0 bridgehead atoms. The highest BCUT2D eigenvalue weighted by Crippen LogP contribution is 2.17. The summed E-state index contributed by atoms with van der Waals surface area (Å²) in [4.78, 5) is 25.9. The van der Waals surface area contributed by atoms with Crippen molar-refractivity contribution in [1.82, 2.24) is 4.98 Å². The fourth-order valence-corrected chi connectivity index (χ4v) is 1.69. The fraction of sp³-hybridized carbons (Fsp3) is 0.300. The molecule has 0 N–H and O–H groups in total. The monoisotopic (exact) mass is 224 g/mol. The lowest BCUT2D eigenvalue weighted by molar-refractivity contribution is -0.142. The minimum absolute atomic E-state index is 0.368. The van der Waals surface area contributed by atoms with Crippen molar-refractivity contribution in [3.8, 4) is 0 Å². The highest BCUT2D eigenvalue weighted by molar-refractivity contribution is 7.99. The number of hydrogen-bond acceptors (Lipinski definition) is 5. The first-order chi connectivity index (χ1) is 7.22. The van der Waals surface area contributed by atoms with Gasteiger partial charge in [-0.1, -0.05) is 0 Å². The SMILES string of the molecule is CC(=O)OC([C]=O)CSc1ccncc1. The standard InChI is InChI=1S/C10H10NO3S/c1-8(13)14-9(6-12)7-15-10-2-4-11-5-3-10/h2-5,9H,7H2,1H3. The van der Waals surface area contributed by atoms with Crippen LogP contribution in [0.1, 0.15) is 6.92 Å². The average molecular weight is 224 g/mol. The Hall–Kier alpha value is -1.36. The van der Waals surface area contributed by atoms with Gasteiger partial charge >= 0.3 is 5.97 Å². The van der Waals surface area contributed by atoms with E-state index in [2.05, 4.69) is 4.98 Å². The molecule has 0 aliphatic heterocycles. The normalized spacial score (nSPS) is 11.8. The van der Waals surface area contributed by atoms with Crippen molar-refractivity contribution in [2.24, 2.45) is 0 Å². The smallest absolute Gasteiger partial charge is 0.303 e. The zero-order valence-electron chi connectivity index (χ0n) is 8.17. The maximum absolute atomic E-state index is 10.6. The summed E-state index contributed by atoms with van der Waals surface area (Å²) in [5, 5.41) is 0. The van der Waals surface area contributed by atoms with Crippen molar-refractivity contribution >= 4 is 24.0 Å². The van der Waals surface area contributed by atoms with E-state index in [-0.39, 0.29) is 0 Å². The van der Waals surface area contributed by atoms with Gasteiger partial charge in [-0.3, -0.25) is 14.6 Å². The summed E-state index contributed by atoms with van der Waals surface area (Å²) >= 11 is 1.42. The molecule has 4 nitrogen and oxygen atoms in total. The Labute approximate surface area is 92.0 Å². The van der Waals surface area contributed by atoms with Crippen LogP contribution in [0, 0.1) is 0 Å². The van der Waals surface area contributed by atoms with Crippen LogP contribution >= 0.6 is 11.8 Å². The van der Waals surface area contributed by atoms with E-state index in [1.165, 1.54) is 18.7 Å². The summed E-state index contributed by atoms with van der Waals surface area (Å²) in [5.41, 5.74) is 0. The van der Waals surface area contributed by atoms with E-state index in [1.807, 2.05) is 12.1 Å². The molecule has 0 aliphatic carbocycles. The predicted octanol–water partition coefficient (Wildman–Crippen LogP) is 1.22. The number of aromatic nitrogens is 1. The third-order valence-corrected chi connectivity index (χ3v) is 2.57. The predicted molar refractivity (Wildman–Crippen MR) is 56.2 cm³/mol. The Morgan fingerprint density at radius 2 is 2.27 bits per heavy atom. The molecule has 1 atom stereocenters. The van der Waals surface area contributed by atoms with Crippen LogP contribution in [-0.2, 0) is 14.3 Å². The quantitative estimate of drug-likeness (QED) is 0.556. The molecule has 0 amide bonds. The molecule has 0 fully saturated rings. The summed E-state index contributed by atoms with van der Waals surface area (Å²) < 4.78 is 4.72. The molecule has 0 saturated carbocycles. The largest absolute Gasteiger partial charge is 0.453 e. The van der Waals surface area contributed by atoms with Gasteiger partial charge in [0.15, 0.2) is 6.10 Å². The molecule has 1 radical (unpaired) electrons. The Kier molecular flexibility index (Phi) is 4.83. The van der Waals surface area contributed by atoms with Gasteiger partial charge in [0.2, 0.25) is 6.29 Å². The molecule has 1 heterocycles. The Bertz CT molecular complexity index is 329. The second-order valence-corrected chi connectivity index (χ2v) is 3.80. The topological polar surface area (TPSA) is 56.3 Å². The minimum Gasteiger partial charge on any atom is -0.453 e. The van der Waals surface area contributed by atoms with Gasteiger partial charge in [-0.05, 0) is 12.1 Å². The molecule has 1 aromatic heterocycles. The third kappa shape index (κ3) is 4.60. The third-order valence-electron chi connectivity index (χ3n) is 1.49. The van der Waals surface area contributed by atoms with Crippen LogP contribution in [0.3, 0.4) is 0 Å². The van der Waals surface area contributed by atoms with Gasteiger partial charge in [0.05, 0.1) is 0 Å². The first kappa shape index (κ1) is 11.7. The molecular formula is C10H10NO3S. The zero-order valence-corrected chi connectivity index (χ0v) is 8.99. The molecule has 0 aromatic carbocycles. The van der Waals surface area contributed by atoms with Crippen LogP contribution in [0.5, 0.6) is 0 Å². The lowest BCUT2D eigenvalue weighted by Gasteiger charge is -2.08. The number of rotatable bonds is 5. The molecule has 15 heavy (non-hydrogen) atoms. The van der Waals surface area contributed by atoms with Crippen LogP contribution in [0.4, 0.5) is 0 Å². The highest BCUT2D eigenvalue weighted by atomic mass is 32.2. The van der Waals surface area contributed by atoms with Crippen molar-refractivity contribution in [2.75, 3.05) is 5.75 Å². The molecule has 1 rings (SSSR count). The van der Waals surface area contributed by atoms with Gasteiger partial charge in [0, 0.05) is 30.0 Å². The molecule has 1 unspecified atom stereocenters. The van der Waals surface area contributed by atoms with E-state index in [0.29, 0.717) is 5.75 Å². The number of thioether (sulfide) groups is 1. The van der Waals surface area contributed by atoms with Crippen LogP contribution in [-0.4, -0.2) is 29.1 Å². The summed E-state index contributed by atoms with van der Waals surface area (Å²) in [5.74, 6) is -0.105. The number of hydrogen-bond donors (Lipinski definition) is 0. The van der Waals surface area contributed by atoms with Crippen molar-refractivity contribution in [3.05, 3.63) is 24.5 Å². The number of esters is 1. The van der Waals surface area contributed by atoms with Crippen molar-refractivity contribution in [3.63, 3.8) is 0 Å². The number of pyridine rings is 1. The first-order valence-electron chi connectivity index (χ1n) is 4.30. The number of carbonyl (C=O) groups is 1. The average Bonchev–Trinajstić information content (AvgIpc) is 2.25. The van der Waals surface area contributed by atoms with E-state index in [4.69, 9.17) is 4.74 Å². The van der Waals surface area contributed by atoms with E-state index in [0.717, 1.165) is 4.90 Å². The lowest BCUT2D eigenvalue weighted by atomic mass is 10.4. The van der Waals surface area contributed by atoms with Crippen LogP contribution in [0.25, 0.3) is 0 Å². The summed E-state index contributed by atoms with van der Waals surface area (Å²) in [6, 6.07) is 3.64. The van der Waals surface area contributed by atoms with Gasteiger partial charge in [0.1, 0.15) is 0 Å². The number of carbonyl (C=O) groups excluding carboxylic acids is 2. The fourth-order valence-electron chi connectivity index (χ4n) is 0.899. The van der Waals surface area contributed by atoms with Crippen LogP contribution in [0.2, 0.25) is 0 Å². The summed E-state index contributed by atoms with van der Waals surface area (Å²) in [6.45, 7) is 1.27. The Balaban J connectivity index is 2.41. The molecule has 79 valence electrons. The van der Waals surface area contributed by atoms with Crippen LogP contribution < -0.4 is 0 Å². The van der Waals surface area contributed by atoms with Gasteiger partial charge in [0.25, 0.3) is 0 Å². The Morgan fingerprint density at radius 1 is 1.60 bits per heavy atom. The number of ether oxygens (including phenoxy) is 1. The second-order valence-electron chi connectivity index (χ2n) is 2.71. The number of nitrogens with zero attached hydrogens (tertiary/aromatic N) is 1. The van der Waals surface area contributed by atoms with E-state index in [1.54, 1.807) is 18.7 Å². The molecule has 0 saturated heterocycles. The van der Waals surface area contributed by atoms with Crippen molar-refractivity contribution < 1.29 is 14.3 Å². The van der Waals surface area contributed by atoms with E-state index >= 15 is 0 Å². The van der Waals surface area contributed by atoms with Gasteiger partial charge in [-0.25, -0.2) is 0 Å². The van der Waals surface area contributed by atoms with Crippen molar-refractivity contribution in [1.29, 1.82) is 0 Å². The van der Waals surface area contributed by atoms with E-state index in [9.17, 15) is 9.59 Å². The maximum atomic E-state index is 10.6. The molecular weight excluding hydrogens is 214 g/mol. The summed E-state index contributed by atoms with van der Waals surface area (Å²) in [7, 11) is 0. The summed E-state index contributed by atoms with van der Waals surface area (Å²) in [6.07, 6.45) is 4.19. The van der Waals surface area contributed by atoms with Crippen molar-refractivity contribution in [2.45, 2.75) is 17.9 Å². The van der Waals surface area contributed by atoms with Gasteiger partial charge in [-0.15, -0.1) is 11.8 Å². The van der Waals surface area contributed by atoms with Crippen LogP contribution in [0.15, 0.2) is 29.4 Å². The zero-order chi connectivity index (χ0) is 11.1. The highest BCUT2D eigenvalue weighted by Gasteiger charge is 2.11. The second kappa shape index (κ2) is 6.19. The molecule has 1 aromatic rings. The Morgan fingerprint density at radius 3 is 2.80 bits per heavy atom. The minimum atomic E-state index is -0.805. The molecule has 0 aliphatic rings. The van der Waals surface area contributed by atoms with E-state index < -0.39 is 12.1 Å². The molecule has 0 spiro atoms. The molecule has 5 heteroatoms. The maximum Gasteiger partial charge on any atom is 0.303 e. The lowest BCUT2D eigenvalue weighted by Crippen LogP contribution is -2.20. The first-order valence-corrected chi connectivity index (χ1v) is 5.28. The van der Waals surface area contributed by atoms with Gasteiger partial charge in [-0.2, -0.15) is 0 Å². The van der Waals surface area contributed by atoms with Gasteiger partial charge < -0.3 is 4.74 Å².